The van der Waals surface area contributed by atoms with Gasteiger partial charge >= 0.3 is 0 Å². The summed E-state index contributed by atoms with van der Waals surface area (Å²) in [7, 11) is 1.91. The normalized spacial score (nSPS) is 12.3. The van der Waals surface area contributed by atoms with Crippen LogP contribution in [0.1, 0.15) is 18.1 Å². The first-order valence-electron chi connectivity index (χ1n) is 7.51. The van der Waals surface area contributed by atoms with Crippen molar-refractivity contribution in [2.24, 2.45) is 5.92 Å². The molecule has 1 atom stereocenters. The molecule has 0 aliphatic carbocycles. The summed E-state index contributed by atoms with van der Waals surface area (Å²) in [5, 5.41) is 12.1. The van der Waals surface area contributed by atoms with E-state index in [9.17, 15) is 0 Å². The lowest BCUT2D eigenvalue weighted by molar-refractivity contribution is 0.174. The van der Waals surface area contributed by atoms with E-state index < -0.39 is 0 Å². The Morgan fingerprint density at radius 1 is 1.00 bits per heavy atom. The molecule has 1 unspecified atom stereocenters. The first-order chi connectivity index (χ1) is 10.7. The van der Waals surface area contributed by atoms with Crippen LogP contribution in [-0.2, 0) is 0 Å². The summed E-state index contributed by atoms with van der Waals surface area (Å²) in [5.41, 5.74) is 3.40. The standard InChI is InChI=1S/C19H23NO2/c1-15(13-21)14-22-19-11-7-17(8-12-19)4-3-16-5-9-18(20-2)10-6-16/h3-12,15,20-21H,13-14H2,1-2H3/b4-3+. The molecule has 2 aromatic rings. The molecule has 0 aromatic heterocycles. The molecular weight excluding hydrogens is 274 g/mol. The third-order valence-electron chi connectivity index (χ3n) is 3.39. The lowest BCUT2D eigenvalue weighted by Gasteiger charge is -2.10. The summed E-state index contributed by atoms with van der Waals surface area (Å²) < 4.78 is 5.61. The molecule has 0 saturated heterocycles. The van der Waals surface area contributed by atoms with Gasteiger partial charge in [0.1, 0.15) is 5.75 Å². The number of anilines is 1. The maximum absolute atomic E-state index is 8.97. The molecule has 0 fully saturated rings. The summed E-state index contributed by atoms with van der Waals surface area (Å²) in [6.45, 7) is 2.63. The molecule has 3 heteroatoms. The van der Waals surface area contributed by atoms with Crippen LogP contribution in [-0.4, -0.2) is 25.4 Å². The summed E-state index contributed by atoms with van der Waals surface area (Å²) in [5.74, 6) is 0.982. The van der Waals surface area contributed by atoms with E-state index in [0.717, 1.165) is 22.6 Å². The Morgan fingerprint density at radius 2 is 1.55 bits per heavy atom. The van der Waals surface area contributed by atoms with Crippen molar-refractivity contribution in [3.8, 4) is 5.75 Å². The van der Waals surface area contributed by atoms with Crippen LogP contribution >= 0.6 is 0 Å². The third-order valence-corrected chi connectivity index (χ3v) is 3.39. The van der Waals surface area contributed by atoms with E-state index in [1.807, 2.05) is 38.2 Å². The van der Waals surface area contributed by atoms with Crippen molar-refractivity contribution in [3.05, 3.63) is 59.7 Å². The highest BCUT2D eigenvalue weighted by Crippen LogP contribution is 2.16. The van der Waals surface area contributed by atoms with E-state index in [1.165, 1.54) is 0 Å². The molecule has 2 N–H and O–H groups in total. The molecule has 0 saturated carbocycles. The highest BCUT2D eigenvalue weighted by molar-refractivity contribution is 5.70. The summed E-state index contributed by atoms with van der Waals surface area (Å²) in [4.78, 5) is 0. The smallest absolute Gasteiger partial charge is 0.119 e. The van der Waals surface area contributed by atoms with E-state index in [0.29, 0.717) is 6.61 Å². The van der Waals surface area contributed by atoms with Crippen molar-refractivity contribution >= 4 is 17.8 Å². The van der Waals surface area contributed by atoms with Crippen LogP contribution in [0.5, 0.6) is 5.75 Å². The Bertz CT molecular complexity index is 588. The highest BCUT2D eigenvalue weighted by atomic mass is 16.5. The molecule has 22 heavy (non-hydrogen) atoms. The van der Waals surface area contributed by atoms with Crippen LogP contribution in [0.15, 0.2) is 48.5 Å². The summed E-state index contributed by atoms with van der Waals surface area (Å²) in [6.07, 6.45) is 4.16. The van der Waals surface area contributed by atoms with Gasteiger partial charge in [-0.25, -0.2) is 0 Å². The molecule has 116 valence electrons. The fourth-order valence-corrected chi connectivity index (χ4v) is 1.92. The molecule has 0 amide bonds. The number of nitrogens with one attached hydrogen (secondary N) is 1. The minimum atomic E-state index is 0.146. The van der Waals surface area contributed by atoms with Gasteiger partial charge in [0.25, 0.3) is 0 Å². The van der Waals surface area contributed by atoms with Gasteiger partial charge in [0.05, 0.1) is 6.61 Å². The molecular formula is C19H23NO2. The molecule has 3 nitrogen and oxygen atoms in total. The topological polar surface area (TPSA) is 41.5 Å². The first-order valence-corrected chi connectivity index (χ1v) is 7.51. The van der Waals surface area contributed by atoms with Crippen molar-refractivity contribution in [3.63, 3.8) is 0 Å². The average molecular weight is 297 g/mol. The number of hydrogen-bond donors (Lipinski definition) is 2. The van der Waals surface area contributed by atoms with E-state index >= 15 is 0 Å². The second-order valence-corrected chi connectivity index (χ2v) is 5.37. The Kier molecular flexibility index (Phi) is 6.04. The number of benzene rings is 2. The molecule has 2 rings (SSSR count). The molecule has 0 radical (unpaired) electrons. The predicted octanol–water partition coefficient (Wildman–Crippen LogP) is 3.91. The van der Waals surface area contributed by atoms with E-state index in [2.05, 4.69) is 41.7 Å². The number of hydrogen-bond acceptors (Lipinski definition) is 3. The minimum Gasteiger partial charge on any atom is -0.493 e. The van der Waals surface area contributed by atoms with Crippen molar-refractivity contribution in [2.45, 2.75) is 6.92 Å². The van der Waals surface area contributed by atoms with Crippen LogP contribution in [0.2, 0.25) is 0 Å². The number of rotatable bonds is 7. The lowest BCUT2D eigenvalue weighted by atomic mass is 10.1. The SMILES string of the molecule is CNc1ccc(/C=C/c2ccc(OCC(C)CO)cc2)cc1. The van der Waals surface area contributed by atoms with Crippen LogP contribution in [0.3, 0.4) is 0 Å². The fraction of sp³-hybridized carbons (Fsp3) is 0.263. The monoisotopic (exact) mass is 297 g/mol. The van der Waals surface area contributed by atoms with Gasteiger partial charge in [-0.15, -0.1) is 0 Å². The molecule has 0 bridgehead atoms. The van der Waals surface area contributed by atoms with Crippen molar-refractivity contribution < 1.29 is 9.84 Å². The van der Waals surface area contributed by atoms with Crippen LogP contribution < -0.4 is 10.1 Å². The maximum atomic E-state index is 8.97. The van der Waals surface area contributed by atoms with Crippen LogP contribution in [0, 0.1) is 5.92 Å². The molecule has 0 spiro atoms. The van der Waals surface area contributed by atoms with Gasteiger partial charge in [0.2, 0.25) is 0 Å². The Balaban J connectivity index is 1.93. The van der Waals surface area contributed by atoms with Gasteiger partial charge in [-0.05, 0) is 35.4 Å². The van der Waals surface area contributed by atoms with Gasteiger partial charge in [-0.1, -0.05) is 43.3 Å². The van der Waals surface area contributed by atoms with Crippen molar-refractivity contribution in [2.75, 3.05) is 25.6 Å². The molecule has 0 aliphatic heterocycles. The number of aliphatic hydroxyl groups excluding tert-OH is 1. The van der Waals surface area contributed by atoms with E-state index in [1.54, 1.807) is 0 Å². The average Bonchev–Trinajstić information content (AvgIpc) is 2.59. The Morgan fingerprint density at radius 3 is 2.05 bits per heavy atom. The quantitative estimate of drug-likeness (QED) is 0.761. The zero-order valence-corrected chi connectivity index (χ0v) is 13.1. The minimum absolute atomic E-state index is 0.146. The van der Waals surface area contributed by atoms with Gasteiger partial charge < -0.3 is 15.2 Å². The van der Waals surface area contributed by atoms with Gasteiger partial charge in [0.15, 0.2) is 0 Å². The Hall–Kier alpha value is -2.26. The number of ether oxygens (including phenoxy) is 1. The zero-order chi connectivity index (χ0) is 15.8. The van der Waals surface area contributed by atoms with Crippen LogP contribution in [0.25, 0.3) is 12.2 Å². The first kappa shape index (κ1) is 16.1. The molecule has 2 aromatic carbocycles. The largest absolute Gasteiger partial charge is 0.493 e. The molecule has 0 aliphatic rings. The highest BCUT2D eigenvalue weighted by Gasteiger charge is 2.00. The third kappa shape index (κ3) is 4.93. The zero-order valence-electron chi connectivity index (χ0n) is 13.1. The molecule has 0 heterocycles. The van der Waals surface area contributed by atoms with Gasteiger partial charge in [-0.2, -0.15) is 0 Å². The summed E-state index contributed by atoms with van der Waals surface area (Å²) >= 11 is 0. The van der Waals surface area contributed by atoms with Crippen molar-refractivity contribution in [1.82, 2.24) is 0 Å². The van der Waals surface area contributed by atoms with Crippen molar-refractivity contribution in [1.29, 1.82) is 0 Å². The van der Waals surface area contributed by atoms with E-state index in [-0.39, 0.29) is 12.5 Å². The fourth-order valence-electron chi connectivity index (χ4n) is 1.92. The second-order valence-electron chi connectivity index (χ2n) is 5.37. The summed E-state index contributed by atoms with van der Waals surface area (Å²) in [6, 6.07) is 16.2. The maximum Gasteiger partial charge on any atom is 0.119 e. The van der Waals surface area contributed by atoms with Gasteiger partial charge in [-0.3, -0.25) is 0 Å². The second kappa shape index (κ2) is 8.25. The Labute approximate surface area is 132 Å². The van der Waals surface area contributed by atoms with Gasteiger partial charge in [0, 0.05) is 25.3 Å². The predicted molar refractivity (Wildman–Crippen MR) is 93.1 cm³/mol. The lowest BCUT2D eigenvalue weighted by Crippen LogP contribution is -2.11. The van der Waals surface area contributed by atoms with E-state index in [4.69, 9.17) is 9.84 Å². The van der Waals surface area contributed by atoms with Crippen LogP contribution in [0.4, 0.5) is 5.69 Å². The number of aliphatic hydroxyl groups is 1.